The van der Waals surface area contributed by atoms with E-state index in [9.17, 15) is 9.90 Å². The summed E-state index contributed by atoms with van der Waals surface area (Å²) in [6, 6.07) is 1.84. The number of hydrogen-bond acceptors (Lipinski definition) is 3. The number of rotatable bonds is 4. The standard InChI is InChI=1S/C14H22N2O2S/c1-11-5-8-19-12(11)9-15-13(17)16-10-14(18)6-3-2-4-7-14/h5,8,18H,2-4,6-7,9-10H2,1H3,(H2,15,16,17). The van der Waals surface area contributed by atoms with Crippen LogP contribution in [-0.4, -0.2) is 23.3 Å². The van der Waals surface area contributed by atoms with Crippen molar-refractivity contribution in [1.82, 2.24) is 10.6 Å². The fourth-order valence-electron chi connectivity index (χ4n) is 2.44. The van der Waals surface area contributed by atoms with Crippen molar-refractivity contribution < 1.29 is 9.90 Å². The molecule has 2 amide bonds. The smallest absolute Gasteiger partial charge is 0.315 e. The summed E-state index contributed by atoms with van der Waals surface area (Å²) in [6.07, 6.45) is 4.86. The van der Waals surface area contributed by atoms with Gasteiger partial charge in [0.25, 0.3) is 0 Å². The molecule has 0 radical (unpaired) electrons. The van der Waals surface area contributed by atoms with Crippen molar-refractivity contribution >= 4 is 17.4 Å². The first-order chi connectivity index (χ1) is 9.09. The molecule has 0 saturated heterocycles. The summed E-state index contributed by atoms with van der Waals surface area (Å²) in [5.74, 6) is 0. The van der Waals surface area contributed by atoms with Crippen LogP contribution in [0.15, 0.2) is 11.4 Å². The summed E-state index contributed by atoms with van der Waals surface area (Å²) in [4.78, 5) is 12.9. The molecule has 0 bridgehead atoms. The Hall–Kier alpha value is -1.07. The van der Waals surface area contributed by atoms with Crippen molar-refractivity contribution in [2.24, 2.45) is 0 Å². The van der Waals surface area contributed by atoms with Gasteiger partial charge in [-0.05, 0) is 36.8 Å². The predicted octanol–water partition coefficient (Wildman–Crippen LogP) is 2.55. The molecule has 1 aromatic heterocycles. The van der Waals surface area contributed by atoms with E-state index in [1.54, 1.807) is 11.3 Å². The number of aryl methyl sites for hydroxylation is 1. The van der Waals surface area contributed by atoms with E-state index < -0.39 is 5.60 Å². The molecule has 4 nitrogen and oxygen atoms in total. The van der Waals surface area contributed by atoms with Crippen LogP contribution in [0.25, 0.3) is 0 Å². The molecular formula is C14H22N2O2S. The van der Waals surface area contributed by atoms with Gasteiger partial charge >= 0.3 is 6.03 Å². The van der Waals surface area contributed by atoms with Gasteiger partial charge in [-0.2, -0.15) is 0 Å². The Balaban J connectivity index is 1.71. The molecule has 1 aromatic rings. The third-order valence-electron chi connectivity index (χ3n) is 3.74. The molecular weight excluding hydrogens is 260 g/mol. The fraction of sp³-hybridized carbons (Fsp3) is 0.643. The first-order valence-corrected chi connectivity index (χ1v) is 7.74. The van der Waals surface area contributed by atoms with Crippen LogP contribution in [-0.2, 0) is 6.54 Å². The van der Waals surface area contributed by atoms with Gasteiger partial charge in [0.15, 0.2) is 0 Å². The molecule has 1 saturated carbocycles. The maximum atomic E-state index is 11.7. The minimum Gasteiger partial charge on any atom is -0.388 e. The molecule has 0 spiro atoms. The fourth-order valence-corrected chi connectivity index (χ4v) is 3.29. The molecule has 19 heavy (non-hydrogen) atoms. The van der Waals surface area contributed by atoms with Crippen molar-refractivity contribution in [3.05, 3.63) is 21.9 Å². The second kappa shape index (κ2) is 6.39. The van der Waals surface area contributed by atoms with Gasteiger partial charge < -0.3 is 15.7 Å². The Labute approximate surface area is 118 Å². The monoisotopic (exact) mass is 282 g/mol. The average molecular weight is 282 g/mol. The highest BCUT2D eigenvalue weighted by Crippen LogP contribution is 2.27. The zero-order valence-corrected chi connectivity index (χ0v) is 12.2. The van der Waals surface area contributed by atoms with Gasteiger partial charge in [-0.15, -0.1) is 11.3 Å². The summed E-state index contributed by atoms with van der Waals surface area (Å²) in [6.45, 7) is 2.94. The number of hydrogen-bond donors (Lipinski definition) is 3. The lowest BCUT2D eigenvalue weighted by Gasteiger charge is -2.32. The number of amides is 2. The molecule has 0 atom stereocenters. The number of aliphatic hydroxyl groups is 1. The normalized spacial score (nSPS) is 18.0. The lowest BCUT2D eigenvalue weighted by Crippen LogP contribution is -2.47. The summed E-state index contributed by atoms with van der Waals surface area (Å²) < 4.78 is 0. The molecule has 1 fully saturated rings. The molecule has 1 heterocycles. The van der Waals surface area contributed by atoms with Crippen LogP contribution in [0.2, 0.25) is 0 Å². The van der Waals surface area contributed by atoms with Crippen molar-refractivity contribution in [3.8, 4) is 0 Å². The summed E-state index contributed by atoms with van der Waals surface area (Å²) in [5, 5.41) is 17.9. The maximum absolute atomic E-state index is 11.7. The van der Waals surface area contributed by atoms with Gasteiger partial charge in [0.1, 0.15) is 0 Å². The van der Waals surface area contributed by atoms with Crippen molar-refractivity contribution in [2.45, 2.75) is 51.2 Å². The van der Waals surface area contributed by atoms with Gasteiger partial charge in [0, 0.05) is 11.4 Å². The molecule has 3 N–H and O–H groups in total. The van der Waals surface area contributed by atoms with E-state index >= 15 is 0 Å². The van der Waals surface area contributed by atoms with Crippen molar-refractivity contribution in [2.75, 3.05) is 6.54 Å². The number of thiophene rings is 1. The SMILES string of the molecule is Cc1ccsc1CNC(=O)NCC1(O)CCCCC1. The zero-order valence-electron chi connectivity index (χ0n) is 11.4. The molecule has 106 valence electrons. The Kier molecular flexibility index (Phi) is 4.82. The number of urea groups is 1. The molecule has 0 aliphatic heterocycles. The minimum absolute atomic E-state index is 0.202. The number of carbonyl (C=O) groups excluding carboxylic acids is 1. The third kappa shape index (κ3) is 4.21. The van der Waals surface area contributed by atoms with E-state index in [2.05, 4.69) is 10.6 Å². The van der Waals surface area contributed by atoms with E-state index in [1.807, 2.05) is 18.4 Å². The highest BCUT2D eigenvalue weighted by Gasteiger charge is 2.29. The number of nitrogens with one attached hydrogen (secondary N) is 2. The molecule has 0 unspecified atom stereocenters. The summed E-state index contributed by atoms with van der Waals surface area (Å²) in [7, 11) is 0. The maximum Gasteiger partial charge on any atom is 0.315 e. The topological polar surface area (TPSA) is 61.4 Å². The largest absolute Gasteiger partial charge is 0.388 e. The van der Waals surface area contributed by atoms with Crippen LogP contribution in [0.5, 0.6) is 0 Å². The first-order valence-electron chi connectivity index (χ1n) is 6.86. The summed E-state index contributed by atoms with van der Waals surface area (Å²) in [5.41, 5.74) is 0.505. The predicted molar refractivity (Wildman–Crippen MR) is 77.3 cm³/mol. The lowest BCUT2D eigenvalue weighted by atomic mass is 9.85. The molecule has 2 rings (SSSR count). The average Bonchev–Trinajstić information content (AvgIpc) is 2.81. The van der Waals surface area contributed by atoms with Crippen LogP contribution < -0.4 is 10.6 Å². The Bertz CT molecular complexity index is 425. The zero-order chi connectivity index (χ0) is 13.7. The highest BCUT2D eigenvalue weighted by molar-refractivity contribution is 7.10. The van der Waals surface area contributed by atoms with Crippen LogP contribution in [0, 0.1) is 6.92 Å². The van der Waals surface area contributed by atoms with E-state index in [0.29, 0.717) is 13.1 Å². The second-order valence-electron chi connectivity index (χ2n) is 5.35. The van der Waals surface area contributed by atoms with Gasteiger partial charge in [-0.25, -0.2) is 4.79 Å². The lowest BCUT2D eigenvalue weighted by molar-refractivity contribution is 0.00719. The van der Waals surface area contributed by atoms with E-state index in [0.717, 1.165) is 25.7 Å². The van der Waals surface area contributed by atoms with E-state index in [4.69, 9.17) is 0 Å². The Morgan fingerprint density at radius 2 is 2.11 bits per heavy atom. The van der Waals surface area contributed by atoms with Crippen LogP contribution >= 0.6 is 11.3 Å². The quantitative estimate of drug-likeness (QED) is 0.795. The molecule has 0 aromatic carbocycles. The molecule has 5 heteroatoms. The van der Waals surface area contributed by atoms with E-state index in [-0.39, 0.29) is 6.03 Å². The van der Waals surface area contributed by atoms with E-state index in [1.165, 1.54) is 16.9 Å². The van der Waals surface area contributed by atoms with Crippen molar-refractivity contribution in [1.29, 1.82) is 0 Å². The Morgan fingerprint density at radius 1 is 1.37 bits per heavy atom. The number of carbonyl (C=O) groups is 1. The van der Waals surface area contributed by atoms with Gasteiger partial charge in [-0.3, -0.25) is 0 Å². The first kappa shape index (κ1) is 14.3. The van der Waals surface area contributed by atoms with Crippen LogP contribution in [0.3, 0.4) is 0 Å². The van der Waals surface area contributed by atoms with Crippen molar-refractivity contribution in [3.63, 3.8) is 0 Å². The van der Waals surface area contributed by atoms with Gasteiger partial charge in [-0.1, -0.05) is 19.3 Å². The van der Waals surface area contributed by atoms with Crippen LogP contribution in [0.1, 0.15) is 42.5 Å². The second-order valence-corrected chi connectivity index (χ2v) is 6.35. The third-order valence-corrected chi connectivity index (χ3v) is 4.76. The van der Waals surface area contributed by atoms with Gasteiger partial charge in [0.2, 0.25) is 0 Å². The van der Waals surface area contributed by atoms with Crippen LogP contribution in [0.4, 0.5) is 4.79 Å². The summed E-state index contributed by atoms with van der Waals surface area (Å²) >= 11 is 1.65. The highest BCUT2D eigenvalue weighted by atomic mass is 32.1. The molecule has 1 aliphatic rings. The minimum atomic E-state index is -0.700. The van der Waals surface area contributed by atoms with Gasteiger partial charge in [0.05, 0.1) is 12.1 Å². The molecule has 1 aliphatic carbocycles. The Morgan fingerprint density at radius 3 is 2.74 bits per heavy atom.